The van der Waals surface area contributed by atoms with Gasteiger partial charge in [-0.05, 0) is 56.9 Å². The van der Waals surface area contributed by atoms with Gasteiger partial charge in [0.25, 0.3) is 5.91 Å². The molecule has 1 atom stereocenters. The van der Waals surface area contributed by atoms with Crippen molar-refractivity contribution in [1.82, 2.24) is 9.88 Å². The Balaban J connectivity index is 1.77. The summed E-state index contributed by atoms with van der Waals surface area (Å²) in [5.74, 6) is 5.75. The van der Waals surface area contributed by atoms with Crippen molar-refractivity contribution in [3.05, 3.63) is 53.7 Å². The number of amides is 1. The van der Waals surface area contributed by atoms with Gasteiger partial charge in [0.15, 0.2) is 11.5 Å². The Morgan fingerprint density at radius 2 is 2.22 bits per heavy atom. The number of aliphatic hydroxyl groups is 1. The van der Waals surface area contributed by atoms with E-state index in [-0.39, 0.29) is 17.8 Å². The lowest BCUT2D eigenvalue weighted by molar-refractivity contribution is 0.0480. The molecule has 1 amide bonds. The van der Waals surface area contributed by atoms with Crippen LogP contribution in [0.2, 0.25) is 0 Å². The Bertz CT molecular complexity index is 821. The van der Waals surface area contributed by atoms with Crippen LogP contribution in [0.5, 0.6) is 0 Å². The van der Waals surface area contributed by atoms with Crippen LogP contribution in [0.3, 0.4) is 0 Å². The summed E-state index contributed by atoms with van der Waals surface area (Å²) in [5, 5.41) is 9.70. The highest BCUT2D eigenvalue weighted by atomic mass is 16.5. The molecule has 3 rings (SSSR count). The van der Waals surface area contributed by atoms with E-state index in [0.717, 1.165) is 25.1 Å². The van der Waals surface area contributed by atoms with E-state index in [9.17, 15) is 9.90 Å². The molecule has 0 spiro atoms. The zero-order chi connectivity index (χ0) is 19.3. The van der Waals surface area contributed by atoms with Gasteiger partial charge in [0, 0.05) is 19.3 Å². The molecule has 1 aliphatic heterocycles. The van der Waals surface area contributed by atoms with E-state index in [0.29, 0.717) is 18.8 Å². The molecule has 0 radical (unpaired) electrons. The molecule has 0 bridgehead atoms. The minimum absolute atomic E-state index is 0.0297. The molecule has 1 saturated heterocycles. The van der Waals surface area contributed by atoms with Gasteiger partial charge in [-0.15, -0.1) is 0 Å². The van der Waals surface area contributed by atoms with E-state index in [4.69, 9.17) is 9.15 Å². The first kappa shape index (κ1) is 19.2. The molecular weight excluding hydrogens is 344 g/mol. The van der Waals surface area contributed by atoms with Gasteiger partial charge >= 0.3 is 0 Å². The molecule has 6 nitrogen and oxygen atoms in total. The number of carbonyl (C=O) groups is 1. The van der Waals surface area contributed by atoms with Crippen molar-refractivity contribution < 1.29 is 19.1 Å². The fourth-order valence-corrected chi connectivity index (χ4v) is 2.83. The molecule has 3 heterocycles. The number of aromatic nitrogens is 1. The van der Waals surface area contributed by atoms with Gasteiger partial charge in [0.2, 0.25) is 0 Å². The molecule has 27 heavy (non-hydrogen) atoms. The number of nitrogens with zero attached hydrogens (tertiary/aromatic N) is 2. The number of pyridine rings is 1. The van der Waals surface area contributed by atoms with E-state index in [1.807, 2.05) is 18.2 Å². The topological polar surface area (TPSA) is 75.8 Å². The summed E-state index contributed by atoms with van der Waals surface area (Å²) in [6.07, 6.45) is 3.68. The minimum atomic E-state index is -1.12. The van der Waals surface area contributed by atoms with Gasteiger partial charge in [-0.1, -0.05) is 12.0 Å². The Hall–Kier alpha value is -2.62. The van der Waals surface area contributed by atoms with Gasteiger partial charge in [-0.2, -0.15) is 0 Å². The lowest BCUT2D eigenvalue weighted by atomic mass is 10.1. The number of ether oxygens (including phenoxy) is 1. The summed E-state index contributed by atoms with van der Waals surface area (Å²) in [4.78, 5) is 19.0. The first-order valence-corrected chi connectivity index (χ1v) is 9.07. The lowest BCUT2D eigenvalue weighted by Crippen LogP contribution is -2.37. The Morgan fingerprint density at radius 1 is 1.37 bits per heavy atom. The van der Waals surface area contributed by atoms with Gasteiger partial charge in [0.1, 0.15) is 5.60 Å². The molecule has 0 aliphatic carbocycles. The SMILES string of the molecule is CC(C)(O)C#Cc1ccc(C(=O)N(Cc2ccccn2)CC2CCCO2)o1. The van der Waals surface area contributed by atoms with Crippen LogP contribution < -0.4 is 0 Å². The van der Waals surface area contributed by atoms with Gasteiger partial charge < -0.3 is 19.2 Å². The summed E-state index contributed by atoms with van der Waals surface area (Å²) < 4.78 is 11.3. The zero-order valence-electron chi connectivity index (χ0n) is 15.6. The number of hydrogen-bond donors (Lipinski definition) is 1. The monoisotopic (exact) mass is 368 g/mol. The second kappa shape index (κ2) is 8.38. The van der Waals surface area contributed by atoms with Crippen LogP contribution in [0.4, 0.5) is 0 Å². The second-order valence-corrected chi connectivity index (χ2v) is 7.11. The van der Waals surface area contributed by atoms with Gasteiger partial charge in [-0.3, -0.25) is 9.78 Å². The number of hydrogen-bond acceptors (Lipinski definition) is 5. The predicted molar refractivity (Wildman–Crippen MR) is 99.8 cm³/mol. The normalized spacial score (nSPS) is 16.6. The highest BCUT2D eigenvalue weighted by Gasteiger charge is 2.25. The van der Waals surface area contributed by atoms with Crippen LogP contribution in [-0.2, 0) is 11.3 Å². The summed E-state index contributed by atoms with van der Waals surface area (Å²) >= 11 is 0. The molecule has 1 unspecified atom stereocenters. The first-order valence-electron chi connectivity index (χ1n) is 9.07. The van der Waals surface area contributed by atoms with Crippen molar-refractivity contribution in [3.63, 3.8) is 0 Å². The molecule has 0 aromatic carbocycles. The van der Waals surface area contributed by atoms with Crippen molar-refractivity contribution >= 4 is 5.91 Å². The number of rotatable bonds is 5. The van der Waals surface area contributed by atoms with Gasteiger partial charge in [-0.25, -0.2) is 0 Å². The quantitative estimate of drug-likeness (QED) is 0.821. The van der Waals surface area contributed by atoms with Crippen molar-refractivity contribution in [1.29, 1.82) is 0 Å². The number of carbonyl (C=O) groups excluding carboxylic acids is 1. The maximum atomic E-state index is 13.0. The number of furan rings is 1. The van der Waals surface area contributed by atoms with Gasteiger partial charge in [0.05, 0.1) is 18.3 Å². The fraction of sp³-hybridized carbons (Fsp3) is 0.429. The fourth-order valence-electron chi connectivity index (χ4n) is 2.83. The molecule has 2 aromatic heterocycles. The highest BCUT2D eigenvalue weighted by Crippen LogP contribution is 2.18. The van der Waals surface area contributed by atoms with Crippen LogP contribution in [0.1, 0.15) is 48.7 Å². The third-order valence-corrected chi connectivity index (χ3v) is 4.12. The van der Waals surface area contributed by atoms with Crippen LogP contribution in [0.25, 0.3) is 0 Å². The molecule has 0 saturated carbocycles. The smallest absolute Gasteiger partial charge is 0.290 e. The van der Waals surface area contributed by atoms with Crippen LogP contribution in [0, 0.1) is 11.8 Å². The van der Waals surface area contributed by atoms with Crippen molar-refractivity contribution in [3.8, 4) is 11.8 Å². The molecule has 2 aromatic rings. The average molecular weight is 368 g/mol. The summed E-state index contributed by atoms with van der Waals surface area (Å²) in [6.45, 7) is 4.77. The van der Waals surface area contributed by atoms with Crippen LogP contribution in [-0.4, -0.2) is 45.8 Å². The largest absolute Gasteiger partial charge is 0.443 e. The van der Waals surface area contributed by atoms with E-state index < -0.39 is 5.60 Å². The zero-order valence-corrected chi connectivity index (χ0v) is 15.6. The maximum Gasteiger partial charge on any atom is 0.290 e. The molecule has 1 aliphatic rings. The summed E-state index contributed by atoms with van der Waals surface area (Å²) in [5.41, 5.74) is -0.320. The summed E-state index contributed by atoms with van der Waals surface area (Å²) in [6, 6.07) is 8.87. The molecular formula is C21H24N2O4. The third kappa shape index (κ3) is 5.68. The first-order chi connectivity index (χ1) is 12.9. The molecule has 1 N–H and O–H groups in total. The van der Waals surface area contributed by atoms with E-state index in [2.05, 4.69) is 16.8 Å². The Kier molecular flexibility index (Phi) is 5.94. The van der Waals surface area contributed by atoms with E-state index >= 15 is 0 Å². The molecule has 6 heteroatoms. The average Bonchev–Trinajstić information content (AvgIpc) is 3.31. The Labute approximate surface area is 159 Å². The van der Waals surface area contributed by atoms with Crippen LogP contribution >= 0.6 is 0 Å². The lowest BCUT2D eigenvalue weighted by Gasteiger charge is -2.24. The van der Waals surface area contributed by atoms with E-state index in [1.165, 1.54) is 0 Å². The van der Waals surface area contributed by atoms with Crippen LogP contribution in [0.15, 0.2) is 40.9 Å². The van der Waals surface area contributed by atoms with Crippen molar-refractivity contribution in [2.24, 2.45) is 0 Å². The highest BCUT2D eigenvalue weighted by molar-refractivity contribution is 5.91. The minimum Gasteiger partial charge on any atom is -0.443 e. The third-order valence-electron chi connectivity index (χ3n) is 4.12. The predicted octanol–water partition coefficient (Wildman–Crippen LogP) is 2.62. The second-order valence-electron chi connectivity index (χ2n) is 7.11. The van der Waals surface area contributed by atoms with Crippen molar-refractivity contribution in [2.75, 3.05) is 13.2 Å². The van der Waals surface area contributed by atoms with Crippen molar-refractivity contribution in [2.45, 2.75) is 44.9 Å². The van der Waals surface area contributed by atoms with E-state index in [1.54, 1.807) is 37.1 Å². The standard InChI is InChI=1S/C21H24N2O4/c1-21(2,25)11-10-17-8-9-19(27-17)20(24)23(15-18-7-5-13-26-18)14-16-6-3-4-12-22-16/h3-4,6,8-9,12,18,25H,5,7,13-15H2,1-2H3. The Morgan fingerprint density at radius 3 is 2.89 bits per heavy atom. The molecule has 142 valence electrons. The summed E-state index contributed by atoms with van der Waals surface area (Å²) in [7, 11) is 0. The maximum absolute atomic E-state index is 13.0. The molecule has 1 fully saturated rings.